The van der Waals surface area contributed by atoms with Gasteiger partial charge in [-0.2, -0.15) is 0 Å². The summed E-state index contributed by atoms with van der Waals surface area (Å²) in [5, 5.41) is 3.66. The third kappa shape index (κ3) is 2.05. The van der Waals surface area contributed by atoms with Gasteiger partial charge in [-0.05, 0) is 11.1 Å². The van der Waals surface area contributed by atoms with Crippen molar-refractivity contribution in [2.75, 3.05) is 13.1 Å². The summed E-state index contributed by atoms with van der Waals surface area (Å²) >= 11 is 0. The van der Waals surface area contributed by atoms with E-state index in [0.717, 1.165) is 19.6 Å². The first-order valence-electron chi connectivity index (χ1n) is 4.69. The highest BCUT2D eigenvalue weighted by Crippen LogP contribution is 2.15. The molecule has 0 radical (unpaired) electrons. The maximum atomic E-state index is 8.22. The minimum Gasteiger partial charge on any atom is -0.298 e. The van der Waals surface area contributed by atoms with Gasteiger partial charge < -0.3 is 0 Å². The van der Waals surface area contributed by atoms with Crippen LogP contribution >= 0.6 is 0 Å². The van der Waals surface area contributed by atoms with Gasteiger partial charge in [0.15, 0.2) is 0 Å². The third-order valence-electron chi connectivity index (χ3n) is 2.40. The van der Waals surface area contributed by atoms with E-state index in [2.05, 4.69) is 27.1 Å². The van der Waals surface area contributed by atoms with Crippen LogP contribution in [0.15, 0.2) is 35.4 Å². The van der Waals surface area contributed by atoms with Gasteiger partial charge in [-0.3, -0.25) is 4.90 Å². The molecule has 0 N–H and O–H groups in total. The van der Waals surface area contributed by atoms with Crippen LogP contribution in [0.5, 0.6) is 0 Å². The normalized spacial score (nSPS) is 17.1. The third-order valence-corrected chi connectivity index (χ3v) is 2.40. The highest BCUT2D eigenvalue weighted by molar-refractivity contribution is 5.15. The molecule has 2 rings (SSSR count). The zero-order valence-corrected chi connectivity index (χ0v) is 7.87. The van der Waals surface area contributed by atoms with Crippen molar-refractivity contribution in [2.45, 2.75) is 12.6 Å². The first-order chi connectivity index (χ1) is 6.88. The van der Waals surface area contributed by atoms with E-state index in [1.165, 1.54) is 5.56 Å². The molecule has 0 atom stereocenters. The Morgan fingerprint density at radius 3 is 2.71 bits per heavy atom. The van der Waals surface area contributed by atoms with Gasteiger partial charge in [-0.1, -0.05) is 35.4 Å². The van der Waals surface area contributed by atoms with Crippen molar-refractivity contribution in [3.8, 4) is 0 Å². The standard InChI is InChI=1S/C10H12N4/c11-13-12-10-7-14(8-10)6-9-4-2-1-3-5-9/h1-5,10H,6-8H2. The molecular formula is C10H12N4. The Morgan fingerprint density at radius 1 is 1.36 bits per heavy atom. The van der Waals surface area contributed by atoms with Crippen molar-refractivity contribution in [1.82, 2.24) is 4.90 Å². The number of likely N-dealkylation sites (tertiary alicyclic amines) is 1. The van der Waals surface area contributed by atoms with E-state index < -0.39 is 0 Å². The molecule has 0 amide bonds. The Hall–Kier alpha value is -1.51. The first kappa shape index (κ1) is 9.06. The summed E-state index contributed by atoms with van der Waals surface area (Å²) in [6.45, 7) is 2.73. The van der Waals surface area contributed by atoms with Gasteiger partial charge >= 0.3 is 0 Å². The van der Waals surface area contributed by atoms with Crippen LogP contribution in [-0.2, 0) is 6.54 Å². The van der Waals surface area contributed by atoms with Crippen LogP contribution in [0.2, 0.25) is 0 Å². The van der Waals surface area contributed by atoms with Gasteiger partial charge in [0.2, 0.25) is 0 Å². The molecule has 72 valence electrons. The van der Waals surface area contributed by atoms with Gasteiger partial charge in [0.05, 0.1) is 6.04 Å². The number of nitrogens with zero attached hydrogens (tertiary/aromatic N) is 4. The second kappa shape index (κ2) is 4.13. The van der Waals surface area contributed by atoms with E-state index in [-0.39, 0.29) is 6.04 Å². The van der Waals surface area contributed by atoms with Gasteiger partial charge in [-0.15, -0.1) is 0 Å². The summed E-state index contributed by atoms with van der Waals surface area (Å²) in [5.41, 5.74) is 9.53. The van der Waals surface area contributed by atoms with E-state index >= 15 is 0 Å². The van der Waals surface area contributed by atoms with Crippen LogP contribution in [0.3, 0.4) is 0 Å². The van der Waals surface area contributed by atoms with Crippen molar-refractivity contribution in [2.24, 2.45) is 5.11 Å². The summed E-state index contributed by atoms with van der Waals surface area (Å²) in [4.78, 5) is 5.07. The molecule has 1 aliphatic rings. The van der Waals surface area contributed by atoms with Crippen LogP contribution in [0.4, 0.5) is 0 Å². The Kier molecular flexibility index (Phi) is 2.68. The molecule has 0 aromatic heterocycles. The molecule has 1 fully saturated rings. The molecule has 0 spiro atoms. The Morgan fingerprint density at radius 2 is 2.07 bits per heavy atom. The lowest BCUT2D eigenvalue weighted by molar-refractivity contribution is 0.142. The van der Waals surface area contributed by atoms with Crippen LogP contribution in [0.25, 0.3) is 10.4 Å². The maximum absolute atomic E-state index is 8.22. The van der Waals surface area contributed by atoms with Crippen LogP contribution in [0, 0.1) is 0 Å². The van der Waals surface area contributed by atoms with Gasteiger partial charge in [-0.25, -0.2) is 0 Å². The molecule has 0 bridgehead atoms. The molecule has 1 aliphatic heterocycles. The molecule has 14 heavy (non-hydrogen) atoms. The Balaban J connectivity index is 1.82. The number of azide groups is 1. The molecule has 1 heterocycles. The van der Waals surface area contributed by atoms with E-state index in [1.807, 2.05) is 18.2 Å². The first-order valence-corrected chi connectivity index (χ1v) is 4.69. The quantitative estimate of drug-likeness (QED) is 0.407. The lowest BCUT2D eigenvalue weighted by Crippen LogP contribution is -2.48. The number of hydrogen-bond donors (Lipinski definition) is 0. The van der Waals surface area contributed by atoms with Crippen LogP contribution in [-0.4, -0.2) is 24.0 Å². The molecule has 1 saturated heterocycles. The highest BCUT2D eigenvalue weighted by Gasteiger charge is 2.24. The van der Waals surface area contributed by atoms with E-state index in [9.17, 15) is 0 Å². The Labute approximate surface area is 82.8 Å². The minimum absolute atomic E-state index is 0.184. The van der Waals surface area contributed by atoms with Crippen molar-refractivity contribution in [1.29, 1.82) is 0 Å². The summed E-state index contributed by atoms with van der Waals surface area (Å²) in [5.74, 6) is 0. The van der Waals surface area contributed by atoms with Crippen molar-refractivity contribution in [3.05, 3.63) is 46.3 Å². The van der Waals surface area contributed by atoms with Gasteiger partial charge in [0.25, 0.3) is 0 Å². The van der Waals surface area contributed by atoms with E-state index in [4.69, 9.17) is 5.53 Å². The Bertz CT molecular complexity index is 336. The zero-order valence-electron chi connectivity index (χ0n) is 7.87. The summed E-state index contributed by atoms with van der Waals surface area (Å²) in [6.07, 6.45) is 0. The van der Waals surface area contributed by atoms with Gasteiger partial charge in [0.1, 0.15) is 0 Å². The largest absolute Gasteiger partial charge is 0.298 e. The average Bonchev–Trinajstić information content (AvgIpc) is 2.16. The summed E-state index contributed by atoms with van der Waals surface area (Å²) in [6, 6.07) is 10.5. The molecular weight excluding hydrogens is 176 g/mol. The minimum atomic E-state index is 0.184. The fraction of sp³-hybridized carbons (Fsp3) is 0.400. The predicted molar refractivity (Wildman–Crippen MR) is 54.7 cm³/mol. The second-order valence-corrected chi connectivity index (χ2v) is 3.54. The molecule has 0 aliphatic carbocycles. The molecule has 4 heteroatoms. The average molecular weight is 188 g/mol. The van der Waals surface area contributed by atoms with Crippen LogP contribution in [0.1, 0.15) is 5.56 Å². The number of hydrogen-bond acceptors (Lipinski definition) is 2. The maximum Gasteiger partial charge on any atom is 0.0628 e. The fourth-order valence-electron chi connectivity index (χ4n) is 1.66. The number of rotatable bonds is 3. The SMILES string of the molecule is [N-]=[N+]=NC1CN(Cc2ccccc2)C1. The van der Waals surface area contributed by atoms with E-state index in [1.54, 1.807) is 0 Å². The second-order valence-electron chi connectivity index (χ2n) is 3.54. The van der Waals surface area contributed by atoms with E-state index in [0.29, 0.717) is 0 Å². The summed E-state index contributed by atoms with van der Waals surface area (Å²) in [7, 11) is 0. The van der Waals surface area contributed by atoms with Crippen molar-refractivity contribution >= 4 is 0 Å². The number of benzene rings is 1. The topological polar surface area (TPSA) is 52.0 Å². The molecule has 1 aromatic rings. The molecule has 0 unspecified atom stereocenters. The molecule has 1 aromatic carbocycles. The highest BCUT2D eigenvalue weighted by atomic mass is 15.3. The lowest BCUT2D eigenvalue weighted by Gasteiger charge is -2.36. The zero-order chi connectivity index (χ0) is 9.80. The van der Waals surface area contributed by atoms with Crippen molar-refractivity contribution < 1.29 is 0 Å². The molecule has 4 nitrogen and oxygen atoms in total. The smallest absolute Gasteiger partial charge is 0.0628 e. The lowest BCUT2D eigenvalue weighted by atomic mass is 10.1. The predicted octanol–water partition coefficient (Wildman–Crippen LogP) is 2.18. The van der Waals surface area contributed by atoms with Crippen LogP contribution < -0.4 is 0 Å². The summed E-state index contributed by atoms with van der Waals surface area (Å²) < 4.78 is 0. The van der Waals surface area contributed by atoms with Gasteiger partial charge in [0, 0.05) is 24.5 Å². The molecule has 0 saturated carbocycles. The monoisotopic (exact) mass is 188 g/mol. The fourth-order valence-corrected chi connectivity index (χ4v) is 1.66. The van der Waals surface area contributed by atoms with Crippen molar-refractivity contribution in [3.63, 3.8) is 0 Å².